The number of methoxy groups -OCH3 is 1. The highest BCUT2D eigenvalue weighted by Crippen LogP contribution is 2.41. The topological polar surface area (TPSA) is 68.9 Å². The summed E-state index contributed by atoms with van der Waals surface area (Å²) in [7, 11) is 1.36. The van der Waals surface area contributed by atoms with Crippen LogP contribution in [-0.2, 0) is 9.53 Å². The Kier molecular flexibility index (Phi) is 4.52. The van der Waals surface area contributed by atoms with Gasteiger partial charge in [0.1, 0.15) is 5.82 Å². The van der Waals surface area contributed by atoms with Gasteiger partial charge in [-0.05, 0) is 56.9 Å². The van der Waals surface area contributed by atoms with Crippen molar-refractivity contribution in [3.05, 3.63) is 58.3 Å². The first-order chi connectivity index (χ1) is 13.4. The first-order valence-corrected chi connectivity index (χ1v) is 9.29. The van der Waals surface area contributed by atoms with Crippen LogP contribution in [0.4, 0.5) is 4.39 Å². The third-order valence-electron chi connectivity index (χ3n) is 5.48. The van der Waals surface area contributed by atoms with E-state index in [0.717, 1.165) is 5.70 Å². The Balaban J connectivity index is 1.79. The lowest BCUT2D eigenvalue weighted by Gasteiger charge is -2.37. The standard InChI is InChI=1S/C21H21FN4O2/c1-12-6-19(16-7-14(10-23)8-17(22)9-16)24-20-18(21(27)28-3)11-25(26(12)20)13(2)15-4-5-15/h6-9,13,15H,4-5,11H2,1-3H3. The number of ether oxygens (including phenoxy) is 1. The summed E-state index contributed by atoms with van der Waals surface area (Å²) >= 11 is 0. The Morgan fingerprint density at radius 3 is 2.79 bits per heavy atom. The average Bonchev–Trinajstić information content (AvgIpc) is 3.46. The maximum atomic E-state index is 13.9. The Hall–Kier alpha value is -2.98. The Morgan fingerprint density at radius 2 is 2.14 bits per heavy atom. The molecule has 144 valence electrons. The van der Waals surface area contributed by atoms with E-state index < -0.39 is 11.8 Å². The molecule has 0 bridgehead atoms. The van der Waals surface area contributed by atoms with Gasteiger partial charge in [-0.25, -0.2) is 19.2 Å². The number of halogens is 1. The summed E-state index contributed by atoms with van der Waals surface area (Å²) in [6.07, 6.45) is 4.23. The monoisotopic (exact) mass is 380 g/mol. The van der Waals surface area contributed by atoms with Gasteiger partial charge in [0.15, 0.2) is 5.82 Å². The van der Waals surface area contributed by atoms with Crippen LogP contribution in [0.25, 0.3) is 0 Å². The number of carbonyl (C=O) groups excluding carboxylic acids is 1. The fourth-order valence-corrected chi connectivity index (χ4v) is 3.82. The molecule has 1 unspecified atom stereocenters. The van der Waals surface area contributed by atoms with Gasteiger partial charge in [0, 0.05) is 17.3 Å². The van der Waals surface area contributed by atoms with E-state index in [1.807, 2.05) is 24.1 Å². The van der Waals surface area contributed by atoms with Gasteiger partial charge in [-0.3, -0.25) is 5.01 Å². The molecule has 0 aromatic heterocycles. The molecular weight excluding hydrogens is 359 g/mol. The number of aliphatic imine (C=N–C) groups is 1. The average molecular weight is 380 g/mol. The van der Waals surface area contributed by atoms with E-state index in [-0.39, 0.29) is 11.6 Å². The zero-order chi connectivity index (χ0) is 20.0. The van der Waals surface area contributed by atoms with Crippen LogP contribution >= 0.6 is 0 Å². The van der Waals surface area contributed by atoms with Crippen LogP contribution in [0.15, 0.2) is 46.4 Å². The highest BCUT2D eigenvalue weighted by molar-refractivity contribution is 6.10. The van der Waals surface area contributed by atoms with Crippen LogP contribution in [0.1, 0.15) is 37.8 Å². The van der Waals surface area contributed by atoms with Gasteiger partial charge in [0.2, 0.25) is 0 Å². The van der Waals surface area contributed by atoms with E-state index in [0.29, 0.717) is 35.1 Å². The lowest BCUT2D eigenvalue weighted by Crippen LogP contribution is -2.44. The maximum Gasteiger partial charge on any atom is 0.338 e. The summed E-state index contributed by atoms with van der Waals surface area (Å²) in [5.41, 5.74) is 2.61. The molecule has 0 amide bonds. The number of benzene rings is 1. The fraction of sp³-hybridized carbons (Fsp3) is 0.381. The first-order valence-electron chi connectivity index (χ1n) is 9.29. The molecule has 1 fully saturated rings. The molecule has 1 saturated carbocycles. The van der Waals surface area contributed by atoms with E-state index >= 15 is 0 Å². The molecule has 6 nitrogen and oxygen atoms in total. The molecule has 28 heavy (non-hydrogen) atoms. The molecule has 2 heterocycles. The van der Waals surface area contributed by atoms with E-state index in [1.54, 1.807) is 6.07 Å². The first kappa shape index (κ1) is 18.4. The molecule has 2 aliphatic heterocycles. The SMILES string of the molecule is COC(=O)C1=C2N=C(c3cc(F)cc(C#N)c3)C=C(C)N2N(C(C)C2CC2)C1. The van der Waals surface area contributed by atoms with E-state index in [4.69, 9.17) is 10.00 Å². The number of hydrogen-bond donors (Lipinski definition) is 0. The molecular formula is C21H21FN4O2. The smallest absolute Gasteiger partial charge is 0.338 e. The van der Waals surface area contributed by atoms with Crippen molar-refractivity contribution in [1.29, 1.82) is 5.26 Å². The highest BCUT2D eigenvalue weighted by Gasteiger charge is 2.43. The molecule has 0 radical (unpaired) electrons. The lowest BCUT2D eigenvalue weighted by atomic mass is 10.0. The summed E-state index contributed by atoms with van der Waals surface area (Å²) in [5, 5.41) is 13.2. The van der Waals surface area contributed by atoms with E-state index in [1.165, 1.54) is 32.1 Å². The van der Waals surface area contributed by atoms with E-state index in [2.05, 4.69) is 16.9 Å². The molecule has 3 aliphatic rings. The molecule has 0 N–H and O–H groups in total. The number of nitriles is 1. The van der Waals surface area contributed by atoms with Crippen molar-refractivity contribution in [2.24, 2.45) is 10.9 Å². The van der Waals surface area contributed by atoms with Crippen molar-refractivity contribution in [2.45, 2.75) is 32.7 Å². The van der Waals surface area contributed by atoms with Crippen molar-refractivity contribution in [3.63, 3.8) is 0 Å². The molecule has 1 aromatic rings. The van der Waals surface area contributed by atoms with Crippen LogP contribution < -0.4 is 0 Å². The minimum Gasteiger partial charge on any atom is -0.466 e. The number of rotatable bonds is 4. The molecule has 0 saturated heterocycles. The van der Waals surface area contributed by atoms with Crippen molar-refractivity contribution < 1.29 is 13.9 Å². The second-order valence-electron chi connectivity index (χ2n) is 7.40. The number of fused-ring (bicyclic) bond motifs is 1. The van der Waals surface area contributed by atoms with Crippen molar-refractivity contribution >= 4 is 11.7 Å². The summed E-state index contributed by atoms with van der Waals surface area (Å²) in [6, 6.07) is 6.36. The normalized spacial score (nSPS) is 20.3. The van der Waals surface area contributed by atoms with Gasteiger partial charge >= 0.3 is 5.97 Å². The summed E-state index contributed by atoms with van der Waals surface area (Å²) in [6.45, 7) is 4.52. The van der Waals surface area contributed by atoms with E-state index in [9.17, 15) is 9.18 Å². The Morgan fingerprint density at radius 1 is 1.39 bits per heavy atom. The van der Waals surface area contributed by atoms with Gasteiger partial charge in [0.05, 0.1) is 36.6 Å². The van der Waals surface area contributed by atoms with Crippen LogP contribution in [0.5, 0.6) is 0 Å². The minimum atomic E-state index is -0.497. The minimum absolute atomic E-state index is 0.226. The predicted octanol–water partition coefficient (Wildman–Crippen LogP) is 3.12. The number of hydrazine groups is 1. The number of carbonyl (C=O) groups is 1. The second kappa shape index (κ2) is 6.88. The number of esters is 1. The van der Waals surface area contributed by atoms with Crippen LogP contribution in [0.3, 0.4) is 0 Å². The molecule has 4 rings (SSSR count). The molecule has 1 atom stereocenters. The number of allylic oxidation sites excluding steroid dienone is 2. The summed E-state index contributed by atoms with van der Waals surface area (Å²) in [5.74, 6) is 0.206. The Bertz CT molecular complexity index is 985. The van der Waals surface area contributed by atoms with Crippen LogP contribution in [0, 0.1) is 23.1 Å². The molecule has 1 aromatic carbocycles. The third kappa shape index (κ3) is 3.10. The molecule has 0 spiro atoms. The van der Waals surface area contributed by atoms with Crippen molar-refractivity contribution in [2.75, 3.05) is 13.7 Å². The van der Waals surface area contributed by atoms with Gasteiger partial charge in [-0.15, -0.1) is 0 Å². The predicted molar refractivity (Wildman–Crippen MR) is 101 cm³/mol. The van der Waals surface area contributed by atoms with Gasteiger partial charge in [-0.2, -0.15) is 5.26 Å². The zero-order valence-corrected chi connectivity index (χ0v) is 16.1. The number of nitrogens with zero attached hydrogens (tertiary/aromatic N) is 4. The Labute approximate surface area is 163 Å². The van der Waals surface area contributed by atoms with Gasteiger partial charge < -0.3 is 4.74 Å². The zero-order valence-electron chi connectivity index (χ0n) is 16.1. The maximum absolute atomic E-state index is 13.9. The highest BCUT2D eigenvalue weighted by atomic mass is 19.1. The van der Waals surface area contributed by atoms with Crippen LogP contribution in [0.2, 0.25) is 0 Å². The molecule has 7 heteroatoms. The largest absolute Gasteiger partial charge is 0.466 e. The van der Waals surface area contributed by atoms with Gasteiger partial charge in [0.25, 0.3) is 0 Å². The lowest BCUT2D eigenvalue weighted by molar-refractivity contribution is -0.136. The fourth-order valence-electron chi connectivity index (χ4n) is 3.82. The van der Waals surface area contributed by atoms with Crippen LogP contribution in [-0.4, -0.2) is 41.4 Å². The number of hydrogen-bond acceptors (Lipinski definition) is 6. The van der Waals surface area contributed by atoms with Crippen molar-refractivity contribution in [1.82, 2.24) is 10.0 Å². The second-order valence-corrected chi connectivity index (χ2v) is 7.40. The molecule has 1 aliphatic carbocycles. The van der Waals surface area contributed by atoms with Crippen molar-refractivity contribution in [3.8, 4) is 6.07 Å². The summed E-state index contributed by atoms with van der Waals surface area (Å²) < 4.78 is 18.9. The quantitative estimate of drug-likeness (QED) is 0.751. The third-order valence-corrected chi connectivity index (χ3v) is 5.48. The van der Waals surface area contributed by atoms with Gasteiger partial charge in [-0.1, -0.05) is 0 Å². The summed E-state index contributed by atoms with van der Waals surface area (Å²) in [4.78, 5) is 17.1.